The fraction of sp³-hybridized carbons (Fsp3) is 0.857. The number of unbranched alkanes of at least 4 members (excludes halogenated alkanes) is 14. The third-order valence-electron chi connectivity index (χ3n) is 7.65. The van der Waals surface area contributed by atoms with Crippen LogP contribution in [0.1, 0.15) is 142 Å². The van der Waals surface area contributed by atoms with Gasteiger partial charge < -0.3 is 28.6 Å². The maximum Gasteiger partial charge on any atom is 0.306 e. The van der Waals surface area contributed by atoms with E-state index in [1.54, 1.807) is 21.1 Å². The normalized spacial score (nSPS) is 13.2. The predicted octanol–water partition coefficient (Wildman–Crippen LogP) is 6.68. The lowest BCUT2D eigenvalue weighted by molar-refractivity contribution is -0.889. The molecule has 8 nitrogen and oxygen atoms in total. The second kappa shape index (κ2) is 27.6. The Morgan fingerprint density at radius 1 is 0.674 bits per heavy atom. The molecule has 0 aliphatic carbocycles. The molecule has 0 aliphatic rings. The van der Waals surface area contributed by atoms with Gasteiger partial charge >= 0.3 is 11.9 Å². The first kappa shape index (κ1) is 41.1. The molecule has 0 fully saturated rings. The SMILES string of the molecule is CCCC/C=C/CCCCCCC(=O)OC(COCCC(C(=O)[O-])[N+](C)(C)C)COC(=O)CCCCCCCCCCC. The molecule has 0 radical (unpaired) electrons. The van der Waals surface area contributed by atoms with Gasteiger partial charge in [0.05, 0.1) is 40.3 Å². The summed E-state index contributed by atoms with van der Waals surface area (Å²) in [7, 11) is 5.38. The topological polar surface area (TPSA) is 102 Å². The van der Waals surface area contributed by atoms with Gasteiger partial charge in [0, 0.05) is 19.3 Å². The highest BCUT2D eigenvalue weighted by Crippen LogP contribution is 2.13. The number of hydrogen-bond acceptors (Lipinski definition) is 7. The van der Waals surface area contributed by atoms with Crippen LogP contribution in [0, 0.1) is 0 Å². The van der Waals surface area contributed by atoms with Crippen molar-refractivity contribution in [1.29, 1.82) is 0 Å². The summed E-state index contributed by atoms with van der Waals surface area (Å²) in [4.78, 5) is 36.4. The van der Waals surface area contributed by atoms with Crippen LogP contribution in [0.5, 0.6) is 0 Å². The van der Waals surface area contributed by atoms with Gasteiger partial charge in [0.1, 0.15) is 12.6 Å². The predicted molar refractivity (Wildman–Crippen MR) is 171 cm³/mol. The third-order valence-corrected chi connectivity index (χ3v) is 7.65. The molecule has 0 rings (SSSR count). The van der Waals surface area contributed by atoms with Crippen LogP contribution in [0.25, 0.3) is 0 Å². The summed E-state index contributed by atoms with van der Waals surface area (Å²) in [5, 5.41) is 11.5. The third kappa shape index (κ3) is 26.2. The molecule has 0 aromatic carbocycles. The number of nitrogens with zero attached hydrogens (tertiary/aromatic N) is 1. The van der Waals surface area contributed by atoms with Crippen molar-refractivity contribution in [2.45, 2.75) is 154 Å². The van der Waals surface area contributed by atoms with Gasteiger partial charge in [-0.15, -0.1) is 0 Å². The molecule has 0 heterocycles. The van der Waals surface area contributed by atoms with Crippen LogP contribution in [0.4, 0.5) is 0 Å². The summed E-state index contributed by atoms with van der Waals surface area (Å²) in [6.07, 6.45) is 23.8. The number of ether oxygens (including phenoxy) is 3. The first-order valence-corrected chi connectivity index (χ1v) is 17.2. The number of carbonyl (C=O) groups excluding carboxylic acids is 3. The number of hydrogen-bond donors (Lipinski definition) is 0. The summed E-state index contributed by atoms with van der Waals surface area (Å²) in [5.74, 6) is -1.76. The van der Waals surface area contributed by atoms with Gasteiger partial charge in [-0.1, -0.05) is 103 Å². The Kier molecular flexibility index (Phi) is 26.4. The van der Waals surface area contributed by atoms with Crippen LogP contribution in [0.2, 0.25) is 0 Å². The maximum absolute atomic E-state index is 12.5. The Balaban J connectivity index is 4.50. The Morgan fingerprint density at radius 3 is 1.74 bits per heavy atom. The molecule has 2 unspecified atom stereocenters. The molecule has 0 saturated carbocycles. The van der Waals surface area contributed by atoms with E-state index in [0.717, 1.165) is 57.8 Å². The van der Waals surface area contributed by atoms with Crippen LogP contribution < -0.4 is 5.11 Å². The Labute approximate surface area is 263 Å². The molecule has 252 valence electrons. The Morgan fingerprint density at radius 2 is 1.19 bits per heavy atom. The summed E-state index contributed by atoms with van der Waals surface area (Å²) in [5.41, 5.74) is 0. The number of likely N-dealkylation sites (N-methyl/N-ethyl adjacent to an activating group) is 1. The first-order chi connectivity index (χ1) is 20.6. The van der Waals surface area contributed by atoms with Crippen molar-refractivity contribution in [3.05, 3.63) is 12.2 Å². The van der Waals surface area contributed by atoms with E-state index in [4.69, 9.17) is 14.2 Å². The minimum Gasteiger partial charge on any atom is -0.544 e. The van der Waals surface area contributed by atoms with E-state index >= 15 is 0 Å². The number of quaternary nitrogens is 1. The molecule has 0 saturated heterocycles. The van der Waals surface area contributed by atoms with Crippen molar-refractivity contribution in [2.24, 2.45) is 0 Å². The number of carbonyl (C=O) groups is 3. The lowest BCUT2D eigenvalue weighted by Gasteiger charge is -2.34. The van der Waals surface area contributed by atoms with Gasteiger partial charge in [0.15, 0.2) is 6.10 Å². The second-order valence-electron chi connectivity index (χ2n) is 12.8. The van der Waals surface area contributed by atoms with Crippen LogP contribution in [0.3, 0.4) is 0 Å². The molecule has 0 aromatic heterocycles. The van der Waals surface area contributed by atoms with E-state index < -0.39 is 18.1 Å². The van der Waals surface area contributed by atoms with Crippen LogP contribution >= 0.6 is 0 Å². The summed E-state index contributed by atoms with van der Waals surface area (Å²) in [6.45, 7) is 4.56. The molecule has 0 aliphatic heterocycles. The highest BCUT2D eigenvalue weighted by molar-refractivity contribution is 5.70. The Hall–Kier alpha value is -1.93. The highest BCUT2D eigenvalue weighted by atomic mass is 16.6. The molecule has 0 amide bonds. The quantitative estimate of drug-likeness (QED) is 0.0386. The molecular formula is C35H65NO7. The number of carboxylic acid groups (broad SMARTS) is 1. The lowest BCUT2D eigenvalue weighted by Crippen LogP contribution is -2.55. The molecule has 8 heteroatoms. The molecule has 0 N–H and O–H groups in total. The van der Waals surface area contributed by atoms with E-state index in [9.17, 15) is 19.5 Å². The van der Waals surface area contributed by atoms with E-state index in [1.807, 2.05) is 0 Å². The highest BCUT2D eigenvalue weighted by Gasteiger charge is 2.25. The summed E-state index contributed by atoms with van der Waals surface area (Å²) < 4.78 is 17.0. The van der Waals surface area contributed by atoms with Crippen molar-refractivity contribution in [3.8, 4) is 0 Å². The van der Waals surface area contributed by atoms with Crippen molar-refractivity contribution in [1.82, 2.24) is 0 Å². The van der Waals surface area contributed by atoms with Gasteiger partial charge in [-0.3, -0.25) is 9.59 Å². The molecule has 0 aromatic rings. The standard InChI is InChI=1S/C35H65NO7/c1-6-8-10-12-14-16-18-20-22-24-26-34(38)43-31(29-41-28-27-32(35(39)40)36(3,4)5)30-42-33(37)25-23-21-19-17-15-13-11-9-7-2/h12,14,31-32H,6-11,13,15-30H2,1-5H3/b14-12+. The number of esters is 2. The van der Waals surface area contributed by atoms with Crippen molar-refractivity contribution >= 4 is 17.9 Å². The smallest absolute Gasteiger partial charge is 0.306 e. The minimum atomic E-state index is -1.13. The average Bonchev–Trinajstić information content (AvgIpc) is 2.94. The monoisotopic (exact) mass is 611 g/mol. The van der Waals surface area contributed by atoms with E-state index in [0.29, 0.717) is 12.8 Å². The zero-order chi connectivity index (χ0) is 32.2. The Bertz CT molecular complexity index is 732. The van der Waals surface area contributed by atoms with Gasteiger partial charge in [0.25, 0.3) is 0 Å². The lowest BCUT2D eigenvalue weighted by atomic mass is 10.1. The van der Waals surface area contributed by atoms with E-state index in [1.165, 1.54) is 51.4 Å². The molecule has 43 heavy (non-hydrogen) atoms. The van der Waals surface area contributed by atoms with Crippen LogP contribution in [-0.4, -0.2) is 75.5 Å². The van der Waals surface area contributed by atoms with Gasteiger partial charge in [0.2, 0.25) is 0 Å². The number of allylic oxidation sites excluding steroid dienone is 2. The van der Waals surface area contributed by atoms with Crippen molar-refractivity contribution in [2.75, 3.05) is 41.0 Å². The number of aliphatic carboxylic acids is 1. The maximum atomic E-state index is 12.5. The fourth-order valence-electron chi connectivity index (χ4n) is 4.87. The van der Waals surface area contributed by atoms with Crippen molar-refractivity contribution < 1.29 is 38.2 Å². The average molecular weight is 612 g/mol. The summed E-state index contributed by atoms with van der Waals surface area (Å²) >= 11 is 0. The van der Waals surface area contributed by atoms with E-state index in [2.05, 4.69) is 26.0 Å². The summed E-state index contributed by atoms with van der Waals surface area (Å²) in [6, 6.07) is -0.720. The van der Waals surface area contributed by atoms with Crippen LogP contribution in [0.15, 0.2) is 12.2 Å². The van der Waals surface area contributed by atoms with Gasteiger partial charge in [-0.05, 0) is 32.1 Å². The van der Waals surface area contributed by atoms with E-state index in [-0.39, 0.29) is 42.7 Å². The van der Waals surface area contributed by atoms with Crippen LogP contribution in [-0.2, 0) is 28.6 Å². The molecule has 0 spiro atoms. The molecular weight excluding hydrogens is 546 g/mol. The minimum absolute atomic E-state index is 0.0400. The zero-order valence-corrected chi connectivity index (χ0v) is 28.4. The molecule has 2 atom stereocenters. The van der Waals surface area contributed by atoms with Gasteiger partial charge in [-0.25, -0.2) is 0 Å². The first-order valence-electron chi connectivity index (χ1n) is 17.2. The fourth-order valence-corrected chi connectivity index (χ4v) is 4.87. The zero-order valence-electron chi connectivity index (χ0n) is 28.4. The number of carboxylic acids is 1. The molecule has 0 bridgehead atoms. The van der Waals surface area contributed by atoms with Crippen molar-refractivity contribution in [3.63, 3.8) is 0 Å². The number of rotatable bonds is 30. The van der Waals surface area contributed by atoms with Gasteiger partial charge in [-0.2, -0.15) is 0 Å². The largest absolute Gasteiger partial charge is 0.544 e. The second-order valence-corrected chi connectivity index (χ2v) is 12.8.